The van der Waals surface area contributed by atoms with Crippen LogP contribution in [0, 0.1) is 11.3 Å². The van der Waals surface area contributed by atoms with Gasteiger partial charge in [0.25, 0.3) is 0 Å². The molecule has 1 aromatic carbocycles. The number of hydrogen-bond donors (Lipinski definition) is 0. The molecule has 0 spiro atoms. The third kappa shape index (κ3) is 1.72. The van der Waals surface area contributed by atoms with Crippen molar-refractivity contribution < 1.29 is 4.79 Å². The van der Waals surface area contributed by atoms with Crippen LogP contribution < -0.4 is 0 Å². The summed E-state index contributed by atoms with van der Waals surface area (Å²) in [6.07, 6.45) is 0. The molecule has 0 atom stereocenters. The number of ketones is 1. The molecular formula is C9H6BrNO. The van der Waals surface area contributed by atoms with E-state index in [2.05, 4.69) is 15.9 Å². The van der Waals surface area contributed by atoms with Gasteiger partial charge in [0.2, 0.25) is 0 Å². The minimum Gasteiger partial charge on any atom is -0.293 e. The first-order valence-electron chi connectivity index (χ1n) is 3.38. The monoisotopic (exact) mass is 223 g/mol. The number of rotatable bonds is 2. The van der Waals surface area contributed by atoms with E-state index < -0.39 is 0 Å². The highest BCUT2D eigenvalue weighted by atomic mass is 79.9. The molecule has 0 heterocycles. The zero-order chi connectivity index (χ0) is 8.97. The van der Waals surface area contributed by atoms with Gasteiger partial charge in [0.05, 0.1) is 17.0 Å². The van der Waals surface area contributed by atoms with Crippen LogP contribution in [0.25, 0.3) is 0 Å². The van der Waals surface area contributed by atoms with Crippen LogP contribution in [-0.2, 0) is 0 Å². The van der Waals surface area contributed by atoms with E-state index in [-0.39, 0.29) is 11.1 Å². The van der Waals surface area contributed by atoms with Crippen LogP contribution >= 0.6 is 15.9 Å². The molecule has 0 aromatic heterocycles. The lowest BCUT2D eigenvalue weighted by Crippen LogP contribution is -2.02. The molecular weight excluding hydrogens is 218 g/mol. The van der Waals surface area contributed by atoms with Crippen molar-refractivity contribution in [3.63, 3.8) is 0 Å². The topological polar surface area (TPSA) is 40.9 Å². The Morgan fingerprint density at radius 3 is 2.75 bits per heavy atom. The van der Waals surface area contributed by atoms with E-state index in [9.17, 15) is 4.79 Å². The summed E-state index contributed by atoms with van der Waals surface area (Å²) in [5, 5.41) is 8.90. The van der Waals surface area contributed by atoms with Gasteiger partial charge in [0.1, 0.15) is 0 Å². The van der Waals surface area contributed by atoms with E-state index in [1.54, 1.807) is 24.3 Å². The minimum atomic E-state index is -0.0628. The molecule has 1 aromatic rings. The third-order valence-electron chi connectivity index (χ3n) is 1.47. The summed E-state index contributed by atoms with van der Waals surface area (Å²) in [6, 6.07) is 8.75. The lowest BCUT2D eigenvalue weighted by molar-refractivity contribution is 0.102. The van der Waals surface area contributed by atoms with Gasteiger partial charge >= 0.3 is 0 Å². The molecule has 0 unspecified atom stereocenters. The van der Waals surface area contributed by atoms with Crippen molar-refractivity contribution in [2.75, 3.05) is 5.33 Å². The maximum Gasteiger partial charge on any atom is 0.174 e. The molecule has 0 saturated heterocycles. The van der Waals surface area contributed by atoms with Gasteiger partial charge in [-0.1, -0.05) is 34.1 Å². The average Bonchev–Trinajstić information content (AvgIpc) is 2.16. The SMILES string of the molecule is N#Cc1ccccc1C(=O)CBr. The molecule has 0 aliphatic heterocycles. The fourth-order valence-electron chi connectivity index (χ4n) is 0.896. The molecule has 0 saturated carbocycles. The van der Waals surface area contributed by atoms with Crippen LogP contribution in [0.2, 0.25) is 0 Å². The van der Waals surface area contributed by atoms with E-state index in [0.717, 1.165) is 0 Å². The number of benzene rings is 1. The smallest absolute Gasteiger partial charge is 0.174 e. The molecule has 3 heteroatoms. The Balaban J connectivity index is 3.16. The molecule has 12 heavy (non-hydrogen) atoms. The van der Waals surface area contributed by atoms with Crippen molar-refractivity contribution in [1.29, 1.82) is 5.26 Å². The fourth-order valence-corrected chi connectivity index (χ4v) is 1.20. The van der Waals surface area contributed by atoms with Crippen LogP contribution in [0.5, 0.6) is 0 Å². The first-order chi connectivity index (χ1) is 5.79. The molecule has 2 nitrogen and oxygen atoms in total. The molecule has 0 aliphatic rings. The Hall–Kier alpha value is -1.14. The van der Waals surface area contributed by atoms with Gasteiger partial charge in [-0.15, -0.1) is 0 Å². The van der Waals surface area contributed by atoms with Crippen molar-refractivity contribution in [3.05, 3.63) is 35.4 Å². The van der Waals surface area contributed by atoms with Gasteiger partial charge < -0.3 is 0 Å². The maximum absolute atomic E-state index is 11.2. The zero-order valence-corrected chi connectivity index (χ0v) is 7.84. The van der Waals surface area contributed by atoms with E-state index in [1.165, 1.54) is 0 Å². The normalized spacial score (nSPS) is 9.00. The standard InChI is InChI=1S/C9H6BrNO/c10-5-9(12)8-4-2-1-3-7(8)6-11/h1-4H,5H2. The molecule has 0 radical (unpaired) electrons. The first kappa shape index (κ1) is 8.95. The molecule has 0 fully saturated rings. The lowest BCUT2D eigenvalue weighted by Gasteiger charge is -1.97. The molecule has 0 aliphatic carbocycles. The highest BCUT2D eigenvalue weighted by Gasteiger charge is 2.07. The second-order valence-electron chi connectivity index (χ2n) is 2.21. The van der Waals surface area contributed by atoms with Gasteiger partial charge in [-0.3, -0.25) is 4.79 Å². The summed E-state index contributed by atoms with van der Waals surface area (Å²) in [5.74, 6) is -0.0628. The number of nitrogens with zero attached hydrogens (tertiary/aromatic N) is 1. The summed E-state index contributed by atoms with van der Waals surface area (Å²) >= 11 is 3.06. The van der Waals surface area contributed by atoms with Crippen molar-refractivity contribution in [2.45, 2.75) is 0 Å². The molecule has 0 amide bonds. The van der Waals surface area contributed by atoms with Gasteiger partial charge in [0.15, 0.2) is 5.78 Å². The Labute approximate surface area is 78.9 Å². The number of alkyl halides is 1. The van der Waals surface area contributed by atoms with E-state index in [0.29, 0.717) is 11.1 Å². The van der Waals surface area contributed by atoms with Crippen LogP contribution in [-0.4, -0.2) is 11.1 Å². The second-order valence-corrected chi connectivity index (χ2v) is 2.77. The summed E-state index contributed by atoms with van der Waals surface area (Å²) < 4.78 is 0. The second kappa shape index (κ2) is 4.03. The summed E-state index contributed by atoms with van der Waals surface area (Å²) in [4.78, 5) is 11.2. The van der Waals surface area contributed by atoms with Crippen LogP contribution in [0.1, 0.15) is 15.9 Å². The Bertz CT molecular complexity index is 341. The number of hydrogen-bond acceptors (Lipinski definition) is 2. The average molecular weight is 224 g/mol. The summed E-state index contributed by atoms with van der Waals surface area (Å²) in [6.45, 7) is 0. The van der Waals surface area contributed by atoms with Crippen molar-refractivity contribution in [2.24, 2.45) is 0 Å². The van der Waals surface area contributed by atoms with Gasteiger partial charge in [-0.25, -0.2) is 0 Å². The molecule has 0 bridgehead atoms. The van der Waals surface area contributed by atoms with Crippen LogP contribution in [0.4, 0.5) is 0 Å². The van der Waals surface area contributed by atoms with E-state index in [4.69, 9.17) is 5.26 Å². The minimum absolute atomic E-state index is 0.0628. The largest absolute Gasteiger partial charge is 0.293 e. The molecule has 1 rings (SSSR count). The number of nitriles is 1. The molecule has 0 N–H and O–H groups in total. The summed E-state index contributed by atoms with van der Waals surface area (Å²) in [7, 11) is 0. The van der Waals surface area contributed by atoms with Gasteiger partial charge in [-0.05, 0) is 6.07 Å². The van der Waals surface area contributed by atoms with Gasteiger partial charge in [-0.2, -0.15) is 5.26 Å². The number of carbonyl (C=O) groups is 1. The quantitative estimate of drug-likeness (QED) is 0.570. The van der Waals surface area contributed by atoms with E-state index >= 15 is 0 Å². The fraction of sp³-hybridized carbons (Fsp3) is 0.111. The Morgan fingerprint density at radius 2 is 2.17 bits per heavy atom. The van der Waals surface area contributed by atoms with Crippen molar-refractivity contribution in [3.8, 4) is 6.07 Å². The first-order valence-corrected chi connectivity index (χ1v) is 4.50. The van der Waals surface area contributed by atoms with Crippen molar-refractivity contribution >= 4 is 21.7 Å². The number of Topliss-reactive ketones (excluding diaryl/α,β-unsaturated/α-hetero) is 1. The lowest BCUT2D eigenvalue weighted by atomic mass is 10.1. The number of carbonyl (C=O) groups excluding carboxylic acids is 1. The van der Waals surface area contributed by atoms with Gasteiger partial charge in [0, 0.05) is 5.56 Å². The highest BCUT2D eigenvalue weighted by molar-refractivity contribution is 9.09. The predicted octanol–water partition coefficient (Wildman–Crippen LogP) is 2.14. The Kier molecular flexibility index (Phi) is 3.01. The highest BCUT2D eigenvalue weighted by Crippen LogP contribution is 2.08. The van der Waals surface area contributed by atoms with E-state index in [1.807, 2.05) is 6.07 Å². The van der Waals surface area contributed by atoms with Crippen LogP contribution in [0.3, 0.4) is 0 Å². The zero-order valence-electron chi connectivity index (χ0n) is 6.25. The molecule has 60 valence electrons. The Morgan fingerprint density at radius 1 is 1.50 bits per heavy atom. The van der Waals surface area contributed by atoms with Crippen molar-refractivity contribution in [1.82, 2.24) is 0 Å². The van der Waals surface area contributed by atoms with Crippen LogP contribution in [0.15, 0.2) is 24.3 Å². The maximum atomic E-state index is 11.2. The summed E-state index contributed by atoms with van der Waals surface area (Å²) in [5.41, 5.74) is 0.916. The third-order valence-corrected chi connectivity index (χ3v) is 1.98. The predicted molar refractivity (Wildman–Crippen MR) is 49.3 cm³/mol. The number of halogens is 1.